The Morgan fingerprint density at radius 2 is 1.65 bits per heavy atom. The van der Waals surface area contributed by atoms with Gasteiger partial charge in [0.05, 0.1) is 11.4 Å². The maximum Gasteiger partial charge on any atom is 0.573 e. The van der Waals surface area contributed by atoms with Gasteiger partial charge in [0.15, 0.2) is 0 Å². The molecule has 1 aromatic carbocycles. The van der Waals surface area contributed by atoms with Crippen molar-refractivity contribution >= 4 is 11.6 Å². The monoisotopic (exact) mass is 278 g/mol. The summed E-state index contributed by atoms with van der Waals surface area (Å²) in [4.78, 5) is 0. The lowest BCUT2D eigenvalue weighted by atomic mass is 10.1. The summed E-state index contributed by atoms with van der Waals surface area (Å²) >= 11 is 5.27. The number of benzene rings is 1. The van der Waals surface area contributed by atoms with Crippen LogP contribution in [0.25, 0.3) is 0 Å². The molecule has 0 bridgehead atoms. The predicted molar refractivity (Wildman–Crippen MR) is 47.7 cm³/mol. The highest BCUT2D eigenvalue weighted by molar-refractivity contribution is 6.17. The fourth-order valence-electron chi connectivity index (χ4n) is 1.15. The second kappa shape index (κ2) is 4.64. The van der Waals surface area contributed by atoms with E-state index in [4.69, 9.17) is 11.6 Å². The number of rotatable bonds is 2. The third-order valence-corrected chi connectivity index (χ3v) is 2.05. The van der Waals surface area contributed by atoms with Gasteiger partial charge in [0.25, 0.3) is 0 Å². The van der Waals surface area contributed by atoms with E-state index in [9.17, 15) is 26.3 Å². The lowest BCUT2D eigenvalue weighted by Crippen LogP contribution is -2.21. The third-order valence-electron chi connectivity index (χ3n) is 1.76. The Morgan fingerprint density at radius 1 is 1.06 bits per heavy atom. The van der Waals surface area contributed by atoms with Crippen molar-refractivity contribution in [3.8, 4) is 5.75 Å². The third kappa shape index (κ3) is 3.69. The highest BCUT2D eigenvalue weighted by Crippen LogP contribution is 2.40. The summed E-state index contributed by atoms with van der Waals surface area (Å²) in [7, 11) is 0. The molecule has 0 saturated carbocycles. The van der Waals surface area contributed by atoms with Crippen LogP contribution in [0.1, 0.15) is 11.1 Å². The zero-order valence-corrected chi connectivity index (χ0v) is 8.75. The topological polar surface area (TPSA) is 9.23 Å². The van der Waals surface area contributed by atoms with Crippen molar-refractivity contribution in [1.29, 1.82) is 0 Å². The maximum absolute atomic E-state index is 12.4. The fourth-order valence-corrected chi connectivity index (χ4v) is 1.36. The van der Waals surface area contributed by atoms with E-state index < -0.39 is 29.7 Å². The zero-order valence-electron chi connectivity index (χ0n) is 7.99. The summed E-state index contributed by atoms with van der Waals surface area (Å²) in [6, 6.07) is 2.49. The molecule has 96 valence electrons. The molecule has 0 aliphatic rings. The molecule has 17 heavy (non-hydrogen) atoms. The Morgan fingerprint density at radius 3 is 2.06 bits per heavy atom. The standard InChI is InChI=1S/C9H5ClF6O/c10-4-5-2-1-3-6(8(11,12)13)7(5)17-9(14,15)16/h1-3H,4H2. The molecule has 0 radical (unpaired) electrons. The summed E-state index contributed by atoms with van der Waals surface area (Å²) < 4.78 is 76.7. The lowest BCUT2D eigenvalue weighted by molar-refractivity contribution is -0.276. The summed E-state index contributed by atoms with van der Waals surface area (Å²) in [5.41, 5.74) is -1.88. The van der Waals surface area contributed by atoms with Gasteiger partial charge < -0.3 is 4.74 Å². The minimum Gasteiger partial charge on any atom is -0.405 e. The van der Waals surface area contributed by atoms with Crippen LogP contribution in [-0.2, 0) is 12.1 Å². The first-order chi connectivity index (χ1) is 7.65. The molecule has 0 N–H and O–H groups in total. The van der Waals surface area contributed by atoms with Gasteiger partial charge in [0.2, 0.25) is 0 Å². The predicted octanol–water partition coefficient (Wildman–Crippen LogP) is 4.34. The normalized spacial score (nSPS) is 12.6. The molecule has 0 spiro atoms. The van der Waals surface area contributed by atoms with Gasteiger partial charge in [-0.15, -0.1) is 24.8 Å². The van der Waals surface area contributed by atoms with Gasteiger partial charge in [-0.1, -0.05) is 12.1 Å². The van der Waals surface area contributed by atoms with Crippen molar-refractivity contribution in [1.82, 2.24) is 0 Å². The van der Waals surface area contributed by atoms with Crippen LogP contribution in [0.15, 0.2) is 18.2 Å². The van der Waals surface area contributed by atoms with Gasteiger partial charge in [0, 0.05) is 5.56 Å². The second-order valence-electron chi connectivity index (χ2n) is 2.97. The Balaban J connectivity index is 3.31. The summed E-state index contributed by atoms with van der Waals surface area (Å²) in [6.45, 7) is 0. The number of hydrogen-bond acceptors (Lipinski definition) is 1. The summed E-state index contributed by atoms with van der Waals surface area (Å²) in [5, 5.41) is 0. The van der Waals surface area contributed by atoms with Gasteiger partial charge in [-0.25, -0.2) is 0 Å². The Labute approximate surface area is 96.9 Å². The quantitative estimate of drug-likeness (QED) is 0.577. The largest absolute Gasteiger partial charge is 0.573 e. The van der Waals surface area contributed by atoms with E-state index in [-0.39, 0.29) is 5.56 Å². The van der Waals surface area contributed by atoms with Crippen LogP contribution in [0.4, 0.5) is 26.3 Å². The molecule has 0 aromatic heterocycles. The number of halogens is 7. The minimum atomic E-state index is -5.21. The molecular weight excluding hydrogens is 274 g/mol. The molecule has 0 amide bonds. The lowest BCUT2D eigenvalue weighted by Gasteiger charge is -2.17. The van der Waals surface area contributed by atoms with Crippen LogP contribution in [0.2, 0.25) is 0 Å². The van der Waals surface area contributed by atoms with Crippen molar-refractivity contribution in [2.45, 2.75) is 18.4 Å². The Hall–Kier alpha value is -1.11. The molecule has 0 aliphatic carbocycles. The zero-order chi connectivity index (χ0) is 13.3. The Bertz CT molecular complexity index is 397. The van der Waals surface area contributed by atoms with Gasteiger partial charge in [-0.3, -0.25) is 0 Å². The fraction of sp³-hybridized carbons (Fsp3) is 0.333. The van der Waals surface area contributed by atoms with Crippen molar-refractivity contribution in [3.63, 3.8) is 0 Å². The second-order valence-corrected chi connectivity index (χ2v) is 3.24. The highest BCUT2D eigenvalue weighted by atomic mass is 35.5. The average Bonchev–Trinajstić information content (AvgIpc) is 2.13. The molecule has 1 nitrogen and oxygen atoms in total. The van der Waals surface area contributed by atoms with Gasteiger partial charge in [-0.2, -0.15) is 13.2 Å². The van der Waals surface area contributed by atoms with Crippen molar-refractivity contribution < 1.29 is 31.1 Å². The van der Waals surface area contributed by atoms with Gasteiger partial charge >= 0.3 is 12.5 Å². The number of ether oxygens (including phenoxy) is 1. The van der Waals surface area contributed by atoms with Gasteiger partial charge in [0.1, 0.15) is 5.75 Å². The maximum atomic E-state index is 12.4. The molecular formula is C9H5ClF6O. The molecule has 1 rings (SSSR count). The van der Waals surface area contributed by atoms with E-state index in [2.05, 4.69) is 4.74 Å². The molecule has 0 saturated heterocycles. The molecule has 0 fully saturated rings. The molecule has 0 aliphatic heterocycles. The Kier molecular flexibility index (Phi) is 3.81. The van der Waals surface area contributed by atoms with Crippen LogP contribution < -0.4 is 4.74 Å². The van der Waals surface area contributed by atoms with Crippen LogP contribution in [0, 0.1) is 0 Å². The van der Waals surface area contributed by atoms with Crippen LogP contribution in [0.3, 0.4) is 0 Å². The van der Waals surface area contributed by atoms with Crippen LogP contribution in [-0.4, -0.2) is 6.36 Å². The summed E-state index contributed by atoms with van der Waals surface area (Å²) in [5.74, 6) is -1.82. The van der Waals surface area contributed by atoms with Crippen molar-refractivity contribution in [2.24, 2.45) is 0 Å². The van der Waals surface area contributed by atoms with E-state index in [1.807, 2.05) is 0 Å². The highest BCUT2D eigenvalue weighted by Gasteiger charge is 2.40. The SMILES string of the molecule is FC(F)(F)Oc1c(CCl)cccc1C(F)(F)F. The summed E-state index contributed by atoms with van der Waals surface area (Å²) in [6.07, 6.45) is -10.1. The van der Waals surface area contributed by atoms with Crippen molar-refractivity contribution in [3.05, 3.63) is 29.3 Å². The smallest absolute Gasteiger partial charge is 0.405 e. The number of alkyl halides is 7. The average molecular weight is 279 g/mol. The van der Waals surface area contributed by atoms with E-state index in [1.54, 1.807) is 0 Å². The first-order valence-electron chi connectivity index (χ1n) is 4.16. The molecule has 1 aromatic rings. The van der Waals surface area contributed by atoms with Gasteiger partial charge in [-0.05, 0) is 6.07 Å². The first kappa shape index (κ1) is 14.0. The molecule has 0 atom stereocenters. The molecule has 8 heteroatoms. The van der Waals surface area contributed by atoms with Crippen LogP contribution >= 0.6 is 11.6 Å². The number of para-hydroxylation sites is 1. The van der Waals surface area contributed by atoms with E-state index in [0.717, 1.165) is 12.1 Å². The van der Waals surface area contributed by atoms with E-state index in [0.29, 0.717) is 6.07 Å². The van der Waals surface area contributed by atoms with E-state index >= 15 is 0 Å². The molecule has 0 unspecified atom stereocenters. The van der Waals surface area contributed by atoms with E-state index in [1.165, 1.54) is 0 Å². The number of hydrogen-bond donors (Lipinski definition) is 0. The molecule has 0 heterocycles. The van der Waals surface area contributed by atoms with Crippen LogP contribution in [0.5, 0.6) is 5.75 Å². The minimum absolute atomic E-state index is 0.376. The first-order valence-corrected chi connectivity index (χ1v) is 4.69. The van der Waals surface area contributed by atoms with Crippen molar-refractivity contribution in [2.75, 3.05) is 0 Å².